The highest BCUT2D eigenvalue weighted by molar-refractivity contribution is 5.78. The molecular weight excluding hydrogens is 348 g/mol. The van der Waals surface area contributed by atoms with Crippen molar-refractivity contribution in [2.24, 2.45) is 5.92 Å². The molecule has 4 rings (SSSR count). The number of benzene rings is 2. The number of fused-ring (bicyclic) bond motifs is 1. The van der Waals surface area contributed by atoms with Crippen molar-refractivity contribution in [2.75, 3.05) is 26.2 Å². The number of rotatable bonds is 5. The first-order valence-corrected chi connectivity index (χ1v) is 10.1. The molecule has 0 radical (unpaired) electrons. The van der Waals surface area contributed by atoms with Crippen molar-refractivity contribution in [1.82, 2.24) is 19.4 Å². The third-order valence-corrected chi connectivity index (χ3v) is 5.46. The second kappa shape index (κ2) is 8.15. The highest BCUT2D eigenvalue weighted by Gasteiger charge is 2.24. The van der Waals surface area contributed by atoms with E-state index >= 15 is 0 Å². The average Bonchev–Trinajstić information content (AvgIpc) is 3.06. The fourth-order valence-corrected chi connectivity index (χ4v) is 3.88. The van der Waals surface area contributed by atoms with E-state index in [2.05, 4.69) is 51.9 Å². The summed E-state index contributed by atoms with van der Waals surface area (Å²) in [7, 11) is 0. The molecule has 1 aromatic heterocycles. The number of amides is 1. The summed E-state index contributed by atoms with van der Waals surface area (Å²) in [5.41, 5.74) is 3.50. The lowest BCUT2D eigenvalue weighted by atomic mass is 10.1. The number of carbonyl (C=O) groups is 1. The van der Waals surface area contributed by atoms with Crippen LogP contribution in [0.2, 0.25) is 0 Å². The molecule has 0 spiro atoms. The largest absolute Gasteiger partial charge is 0.340 e. The van der Waals surface area contributed by atoms with E-state index in [0.29, 0.717) is 0 Å². The van der Waals surface area contributed by atoms with Crippen molar-refractivity contribution < 1.29 is 4.79 Å². The Morgan fingerprint density at radius 2 is 1.61 bits per heavy atom. The van der Waals surface area contributed by atoms with Gasteiger partial charge in [-0.15, -0.1) is 0 Å². The molecular formula is C23H28N4O. The molecule has 5 nitrogen and oxygen atoms in total. The SMILES string of the molecule is CC(C)C(=O)N1CCN(Cc2nc3ccccc3n2Cc2ccccc2)CC1. The topological polar surface area (TPSA) is 41.4 Å². The second-order valence-electron chi connectivity index (χ2n) is 7.84. The van der Waals surface area contributed by atoms with Crippen LogP contribution in [0.3, 0.4) is 0 Å². The van der Waals surface area contributed by atoms with Crippen LogP contribution < -0.4 is 0 Å². The van der Waals surface area contributed by atoms with Gasteiger partial charge in [0.05, 0.1) is 17.6 Å². The Hall–Kier alpha value is -2.66. The third-order valence-electron chi connectivity index (χ3n) is 5.46. The molecule has 1 amide bonds. The molecule has 0 aliphatic carbocycles. The predicted molar refractivity (Wildman–Crippen MR) is 112 cm³/mol. The van der Waals surface area contributed by atoms with Crippen molar-refractivity contribution >= 4 is 16.9 Å². The Bertz CT molecular complexity index is 940. The molecule has 1 aliphatic rings. The van der Waals surface area contributed by atoms with Crippen LogP contribution >= 0.6 is 0 Å². The number of hydrogen-bond donors (Lipinski definition) is 0. The van der Waals surface area contributed by atoms with Gasteiger partial charge in [0.2, 0.25) is 5.91 Å². The molecule has 0 saturated carbocycles. The van der Waals surface area contributed by atoms with E-state index in [4.69, 9.17) is 4.98 Å². The van der Waals surface area contributed by atoms with Crippen LogP contribution in [0.15, 0.2) is 54.6 Å². The van der Waals surface area contributed by atoms with Crippen LogP contribution in [0.5, 0.6) is 0 Å². The Labute approximate surface area is 166 Å². The smallest absolute Gasteiger partial charge is 0.225 e. The summed E-state index contributed by atoms with van der Waals surface area (Å²) in [5, 5.41) is 0. The molecule has 1 fully saturated rings. The van der Waals surface area contributed by atoms with E-state index in [9.17, 15) is 4.79 Å². The minimum absolute atomic E-state index is 0.0709. The monoisotopic (exact) mass is 376 g/mol. The fraction of sp³-hybridized carbons (Fsp3) is 0.391. The standard InChI is InChI=1S/C23H28N4O/c1-18(2)23(28)26-14-12-25(13-15-26)17-22-24-20-10-6-7-11-21(20)27(22)16-19-8-4-3-5-9-19/h3-11,18H,12-17H2,1-2H3. The highest BCUT2D eigenvalue weighted by Crippen LogP contribution is 2.20. The molecule has 5 heteroatoms. The molecule has 2 aromatic carbocycles. The minimum Gasteiger partial charge on any atom is -0.340 e. The van der Waals surface area contributed by atoms with Gasteiger partial charge >= 0.3 is 0 Å². The third kappa shape index (κ3) is 3.94. The van der Waals surface area contributed by atoms with Gasteiger partial charge in [0.15, 0.2) is 0 Å². The molecule has 2 heterocycles. The van der Waals surface area contributed by atoms with Crippen molar-refractivity contribution in [3.63, 3.8) is 0 Å². The van der Waals surface area contributed by atoms with E-state index in [0.717, 1.165) is 50.6 Å². The molecule has 3 aromatic rings. The van der Waals surface area contributed by atoms with Crippen LogP contribution in [-0.2, 0) is 17.9 Å². The maximum atomic E-state index is 12.2. The zero-order chi connectivity index (χ0) is 19.5. The maximum Gasteiger partial charge on any atom is 0.225 e. The average molecular weight is 377 g/mol. The van der Waals surface area contributed by atoms with Crippen LogP contribution in [0, 0.1) is 5.92 Å². The molecule has 1 saturated heterocycles. The van der Waals surface area contributed by atoms with Crippen molar-refractivity contribution in [1.29, 1.82) is 0 Å². The number of piperazine rings is 1. The maximum absolute atomic E-state index is 12.2. The zero-order valence-electron chi connectivity index (χ0n) is 16.7. The van der Waals surface area contributed by atoms with Gasteiger partial charge in [-0.3, -0.25) is 9.69 Å². The van der Waals surface area contributed by atoms with Gasteiger partial charge in [0.25, 0.3) is 0 Å². The molecule has 28 heavy (non-hydrogen) atoms. The van der Waals surface area contributed by atoms with Crippen LogP contribution in [0.25, 0.3) is 11.0 Å². The van der Waals surface area contributed by atoms with Gasteiger partial charge in [0.1, 0.15) is 5.82 Å². The number of nitrogens with zero attached hydrogens (tertiary/aromatic N) is 4. The number of carbonyl (C=O) groups excluding carboxylic acids is 1. The molecule has 0 bridgehead atoms. The number of imidazole rings is 1. The summed E-state index contributed by atoms with van der Waals surface area (Å²) >= 11 is 0. The first kappa shape index (κ1) is 18.7. The van der Waals surface area contributed by atoms with Gasteiger partial charge in [-0.05, 0) is 17.7 Å². The van der Waals surface area contributed by atoms with Gasteiger partial charge in [-0.1, -0.05) is 56.3 Å². The van der Waals surface area contributed by atoms with E-state index in [1.54, 1.807) is 0 Å². The first-order chi connectivity index (χ1) is 13.6. The Balaban J connectivity index is 1.53. The van der Waals surface area contributed by atoms with E-state index < -0.39 is 0 Å². The Morgan fingerprint density at radius 3 is 2.32 bits per heavy atom. The van der Waals surface area contributed by atoms with Crippen molar-refractivity contribution in [3.05, 3.63) is 66.0 Å². The lowest BCUT2D eigenvalue weighted by molar-refractivity contribution is -0.136. The summed E-state index contributed by atoms with van der Waals surface area (Å²) in [6, 6.07) is 18.9. The van der Waals surface area contributed by atoms with Gasteiger partial charge < -0.3 is 9.47 Å². The van der Waals surface area contributed by atoms with Gasteiger partial charge in [-0.25, -0.2) is 4.98 Å². The molecule has 0 unspecified atom stereocenters. The lowest BCUT2D eigenvalue weighted by Gasteiger charge is -2.35. The summed E-state index contributed by atoms with van der Waals surface area (Å²) in [4.78, 5) is 21.6. The molecule has 1 aliphatic heterocycles. The van der Waals surface area contributed by atoms with Crippen molar-refractivity contribution in [2.45, 2.75) is 26.9 Å². The van der Waals surface area contributed by atoms with Gasteiger partial charge in [-0.2, -0.15) is 0 Å². The van der Waals surface area contributed by atoms with E-state index in [1.807, 2.05) is 30.9 Å². The van der Waals surface area contributed by atoms with Crippen molar-refractivity contribution in [3.8, 4) is 0 Å². The summed E-state index contributed by atoms with van der Waals surface area (Å²) < 4.78 is 2.33. The minimum atomic E-state index is 0.0709. The fourth-order valence-electron chi connectivity index (χ4n) is 3.88. The number of hydrogen-bond acceptors (Lipinski definition) is 3. The Morgan fingerprint density at radius 1 is 0.929 bits per heavy atom. The summed E-state index contributed by atoms with van der Waals surface area (Å²) in [5.74, 6) is 1.42. The molecule has 0 atom stereocenters. The van der Waals surface area contributed by atoms with E-state index in [-0.39, 0.29) is 11.8 Å². The molecule has 0 N–H and O–H groups in total. The summed E-state index contributed by atoms with van der Waals surface area (Å²) in [6.45, 7) is 8.97. The highest BCUT2D eigenvalue weighted by atomic mass is 16.2. The van der Waals surface area contributed by atoms with E-state index in [1.165, 1.54) is 11.1 Å². The normalized spacial score (nSPS) is 15.5. The number of para-hydroxylation sites is 2. The summed E-state index contributed by atoms with van der Waals surface area (Å²) in [6.07, 6.45) is 0. The van der Waals surface area contributed by atoms with Crippen LogP contribution in [0.4, 0.5) is 0 Å². The predicted octanol–water partition coefficient (Wildman–Crippen LogP) is 3.38. The number of aromatic nitrogens is 2. The molecule has 146 valence electrons. The van der Waals surface area contributed by atoms with Gasteiger partial charge in [0, 0.05) is 38.6 Å². The first-order valence-electron chi connectivity index (χ1n) is 10.1. The Kier molecular flexibility index (Phi) is 5.44. The van der Waals surface area contributed by atoms with Crippen LogP contribution in [0.1, 0.15) is 25.2 Å². The zero-order valence-corrected chi connectivity index (χ0v) is 16.7. The lowest BCUT2D eigenvalue weighted by Crippen LogP contribution is -2.49. The second-order valence-corrected chi connectivity index (χ2v) is 7.84. The quantitative estimate of drug-likeness (QED) is 0.685. The van der Waals surface area contributed by atoms with Crippen LogP contribution in [-0.4, -0.2) is 51.4 Å².